The SMILES string of the molecule is Cc1cccc(Oc2c(CN(CC3CC3)C[C@@H](O)CN3CCOCC3)c(C)nn2-c2ccccc2)c1. The number of aliphatic hydroxyl groups is 1. The van der Waals surface area contributed by atoms with Gasteiger partial charge in [-0.1, -0.05) is 30.3 Å². The summed E-state index contributed by atoms with van der Waals surface area (Å²) < 4.78 is 13.9. The summed E-state index contributed by atoms with van der Waals surface area (Å²) in [5, 5.41) is 15.9. The molecule has 1 saturated carbocycles. The highest BCUT2D eigenvalue weighted by Gasteiger charge is 2.28. The maximum atomic E-state index is 11.0. The minimum absolute atomic E-state index is 0.410. The molecule has 3 aromatic rings. The number of β-amino-alcohol motifs (C(OH)–C–C–N with tert-alkyl or cyclic N) is 1. The van der Waals surface area contributed by atoms with Crippen molar-refractivity contribution >= 4 is 0 Å². The van der Waals surface area contributed by atoms with Crippen molar-refractivity contribution in [3.63, 3.8) is 0 Å². The average molecular weight is 491 g/mol. The van der Waals surface area contributed by atoms with Crippen LogP contribution in [0.25, 0.3) is 5.69 Å². The molecule has 0 radical (unpaired) electrons. The van der Waals surface area contributed by atoms with Crippen molar-refractivity contribution in [1.29, 1.82) is 0 Å². The monoisotopic (exact) mass is 490 g/mol. The van der Waals surface area contributed by atoms with Crippen LogP contribution in [0.2, 0.25) is 0 Å². The number of aryl methyl sites for hydroxylation is 2. The van der Waals surface area contributed by atoms with Crippen molar-refractivity contribution in [3.05, 3.63) is 71.4 Å². The Hall–Kier alpha value is -2.71. The van der Waals surface area contributed by atoms with Crippen molar-refractivity contribution in [3.8, 4) is 17.3 Å². The van der Waals surface area contributed by atoms with Gasteiger partial charge in [-0.15, -0.1) is 0 Å². The fourth-order valence-corrected chi connectivity index (χ4v) is 4.89. The summed E-state index contributed by atoms with van der Waals surface area (Å²) in [5.74, 6) is 2.26. The Morgan fingerprint density at radius 1 is 1.08 bits per heavy atom. The molecule has 2 aromatic carbocycles. The first-order valence-corrected chi connectivity index (χ1v) is 13.1. The van der Waals surface area contributed by atoms with Gasteiger partial charge in [0.05, 0.1) is 36.3 Å². The van der Waals surface area contributed by atoms with Crippen LogP contribution in [0, 0.1) is 19.8 Å². The molecule has 7 nitrogen and oxygen atoms in total. The molecule has 5 rings (SSSR count). The molecule has 0 amide bonds. The zero-order chi connectivity index (χ0) is 24.9. The van der Waals surface area contributed by atoms with Crippen molar-refractivity contribution in [1.82, 2.24) is 19.6 Å². The smallest absolute Gasteiger partial charge is 0.227 e. The van der Waals surface area contributed by atoms with Crippen LogP contribution >= 0.6 is 0 Å². The molecule has 1 aliphatic heterocycles. The lowest BCUT2D eigenvalue weighted by Crippen LogP contribution is -2.44. The van der Waals surface area contributed by atoms with Gasteiger partial charge in [0.1, 0.15) is 5.75 Å². The Kier molecular flexibility index (Phi) is 8.02. The summed E-state index contributed by atoms with van der Waals surface area (Å²) in [6, 6.07) is 18.3. The van der Waals surface area contributed by atoms with Gasteiger partial charge in [0, 0.05) is 39.3 Å². The summed E-state index contributed by atoms with van der Waals surface area (Å²) in [5.41, 5.74) is 4.14. The van der Waals surface area contributed by atoms with Crippen LogP contribution in [-0.2, 0) is 11.3 Å². The Morgan fingerprint density at radius 3 is 2.58 bits per heavy atom. The Bertz CT molecular complexity index is 1120. The van der Waals surface area contributed by atoms with Crippen molar-refractivity contribution < 1.29 is 14.6 Å². The molecular formula is C29H38N4O3. The molecule has 2 fully saturated rings. The third-order valence-electron chi connectivity index (χ3n) is 6.98. The maximum Gasteiger partial charge on any atom is 0.227 e. The summed E-state index contributed by atoms with van der Waals surface area (Å²) in [7, 11) is 0. The van der Waals surface area contributed by atoms with Gasteiger partial charge >= 0.3 is 0 Å². The third-order valence-corrected chi connectivity index (χ3v) is 6.98. The van der Waals surface area contributed by atoms with Crippen molar-refractivity contribution in [2.75, 3.05) is 45.9 Å². The second kappa shape index (κ2) is 11.6. The van der Waals surface area contributed by atoms with E-state index in [1.54, 1.807) is 0 Å². The molecule has 1 N–H and O–H groups in total. The minimum Gasteiger partial charge on any atom is -0.439 e. The molecule has 0 spiro atoms. The predicted molar refractivity (Wildman–Crippen MR) is 141 cm³/mol. The van der Waals surface area contributed by atoms with E-state index in [9.17, 15) is 5.11 Å². The molecular weight excluding hydrogens is 452 g/mol. The summed E-state index contributed by atoms with van der Waals surface area (Å²) in [6.07, 6.45) is 2.13. The van der Waals surface area contributed by atoms with E-state index in [0.717, 1.165) is 67.0 Å². The molecule has 2 aliphatic rings. The zero-order valence-electron chi connectivity index (χ0n) is 21.5. The highest BCUT2D eigenvalue weighted by atomic mass is 16.5. The number of aliphatic hydroxyl groups excluding tert-OH is 1. The molecule has 7 heteroatoms. The summed E-state index contributed by atoms with van der Waals surface area (Å²) >= 11 is 0. The second-order valence-corrected chi connectivity index (χ2v) is 10.2. The number of morpholine rings is 1. The molecule has 192 valence electrons. The molecule has 1 aromatic heterocycles. The van der Waals surface area contributed by atoms with Gasteiger partial charge in [0.25, 0.3) is 0 Å². The van der Waals surface area contributed by atoms with E-state index in [1.807, 2.05) is 47.1 Å². The third kappa shape index (κ3) is 6.53. The van der Waals surface area contributed by atoms with Gasteiger partial charge in [-0.25, -0.2) is 4.68 Å². The minimum atomic E-state index is -0.410. The van der Waals surface area contributed by atoms with E-state index in [2.05, 4.69) is 35.8 Å². The van der Waals surface area contributed by atoms with Gasteiger partial charge in [-0.2, -0.15) is 5.10 Å². The first-order chi connectivity index (χ1) is 17.5. The zero-order valence-corrected chi connectivity index (χ0v) is 21.5. The van der Waals surface area contributed by atoms with Crippen molar-refractivity contribution in [2.24, 2.45) is 5.92 Å². The van der Waals surface area contributed by atoms with Crippen LogP contribution in [0.4, 0.5) is 0 Å². The van der Waals surface area contributed by atoms with E-state index in [4.69, 9.17) is 14.6 Å². The average Bonchev–Trinajstić information content (AvgIpc) is 3.64. The van der Waals surface area contributed by atoms with Gasteiger partial charge in [0.15, 0.2) is 0 Å². The molecule has 1 aliphatic carbocycles. The highest BCUT2D eigenvalue weighted by Crippen LogP contribution is 2.34. The van der Waals surface area contributed by atoms with Gasteiger partial charge < -0.3 is 14.6 Å². The van der Waals surface area contributed by atoms with Gasteiger partial charge in [0.2, 0.25) is 5.88 Å². The molecule has 0 unspecified atom stereocenters. The standard InChI is InChI=1S/C29H38N4O3/c1-22-7-6-10-27(17-22)36-29-28(23(2)30-33(29)25-8-4-3-5-9-25)21-32(18-24-11-12-24)20-26(34)19-31-13-15-35-16-14-31/h3-10,17,24,26,34H,11-16,18-21H2,1-2H3/t26-/m0/s1. The molecule has 1 saturated heterocycles. The largest absolute Gasteiger partial charge is 0.439 e. The number of nitrogens with zero attached hydrogens (tertiary/aromatic N) is 4. The second-order valence-electron chi connectivity index (χ2n) is 10.2. The van der Waals surface area contributed by atoms with Crippen LogP contribution in [0.5, 0.6) is 11.6 Å². The lowest BCUT2D eigenvalue weighted by molar-refractivity contribution is 0.00585. The lowest BCUT2D eigenvalue weighted by Gasteiger charge is -2.31. The van der Waals surface area contributed by atoms with E-state index in [-0.39, 0.29) is 0 Å². The van der Waals surface area contributed by atoms with Crippen LogP contribution in [0.3, 0.4) is 0 Å². The highest BCUT2D eigenvalue weighted by molar-refractivity contribution is 5.43. The number of hydrogen-bond acceptors (Lipinski definition) is 6. The topological polar surface area (TPSA) is 63.0 Å². The Labute approximate surface area is 214 Å². The van der Waals surface area contributed by atoms with Crippen LogP contribution in [-0.4, -0.2) is 76.7 Å². The molecule has 0 bridgehead atoms. The number of para-hydroxylation sites is 1. The fraction of sp³-hybridized carbons (Fsp3) is 0.483. The normalized spacial score (nSPS) is 17.4. The van der Waals surface area contributed by atoms with Crippen LogP contribution in [0.15, 0.2) is 54.6 Å². The van der Waals surface area contributed by atoms with E-state index in [1.165, 1.54) is 12.8 Å². The van der Waals surface area contributed by atoms with Gasteiger partial charge in [-0.05, 0) is 62.4 Å². The van der Waals surface area contributed by atoms with E-state index < -0.39 is 6.10 Å². The number of aromatic nitrogens is 2. The van der Waals surface area contributed by atoms with E-state index >= 15 is 0 Å². The Morgan fingerprint density at radius 2 is 1.86 bits per heavy atom. The number of rotatable bonds is 11. The van der Waals surface area contributed by atoms with Crippen molar-refractivity contribution in [2.45, 2.75) is 39.3 Å². The fourth-order valence-electron chi connectivity index (χ4n) is 4.89. The number of ether oxygens (including phenoxy) is 2. The Balaban J connectivity index is 1.40. The molecule has 36 heavy (non-hydrogen) atoms. The first kappa shape index (κ1) is 25.0. The van der Waals surface area contributed by atoms with E-state index in [0.29, 0.717) is 25.6 Å². The van der Waals surface area contributed by atoms with Crippen LogP contribution < -0.4 is 4.74 Å². The summed E-state index contributed by atoms with van der Waals surface area (Å²) in [4.78, 5) is 4.69. The quantitative estimate of drug-likeness (QED) is 0.435. The van der Waals surface area contributed by atoms with Crippen LogP contribution in [0.1, 0.15) is 29.7 Å². The number of hydrogen-bond donors (Lipinski definition) is 1. The number of benzene rings is 2. The first-order valence-electron chi connectivity index (χ1n) is 13.1. The lowest BCUT2D eigenvalue weighted by atomic mass is 10.2. The molecule has 2 heterocycles. The summed E-state index contributed by atoms with van der Waals surface area (Å²) in [6.45, 7) is 10.4. The van der Waals surface area contributed by atoms with Gasteiger partial charge in [-0.3, -0.25) is 9.80 Å². The predicted octanol–water partition coefficient (Wildman–Crippen LogP) is 4.19. The maximum absolute atomic E-state index is 11.0. The molecule has 1 atom stereocenters.